The van der Waals surface area contributed by atoms with Crippen molar-refractivity contribution in [1.29, 1.82) is 0 Å². The van der Waals surface area contributed by atoms with Gasteiger partial charge < -0.3 is 5.11 Å². The second-order valence-corrected chi connectivity index (χ2v) is 4.43. The molecule has 0 saturated carbocycles. The minimum Gasteiger partial charge on any atom is -0.394 e. The molecule has 6 nitrogen and oxygen atoms in total. The zero-order chi connectivity index (χ0) is 11.9. The number of thioether (sulfide) groups is 1. The Morgan fingerprint density at radius 1 is 1.41 bits per heavy atom. The molecule has 2 aromatic heterocycles. The van der Waals surface area contributed by atoms with Crippen LogP contribution in [0.3, 0.4) is 0 Å². The molecule has 0 saturated heterocycles. The molecular formula is C10H13N5OS. The van der Waals surface area contributed by atoms with E-state index in [0.717, 1.165) is 17.3 Å². The van der Waals surface area contributed by atoms with E-state index in [1.54, 1.807) is 22.6 Å². The van der Waals surface area contributed by atoms with Gasteiger partial charge in [-0.2, -0.15) is 0 Å². The van der Waals surface area contributed by atoms with Gasteiger partial charge in [0, 0.05) is 18.1 Å². The average molecular weight is 251 g/mol. The van der Waals surface area contributed by atoms with Crippen molar-refractivity contribution in [2.75, 3.05) is 12.4 Å². The molecule has 0 unspecified atom stereocenters. The van der Waals surface area contributed by atoms with Gasteiger partial charge in [-0.05, 0) is 28.5 Å². The molecule has 2 heterocycles. The number of hydrogen-bond acceptors (Lipinski definition) is 6. The van der Waals surface area contributed by atoms with Gasteiger partial charge in [0.25, 0.3) is 0 Å². The molecule has 0 fully saturated rings. The number of hydrogen-bond donors (Lipinski definition) is 1. The fraction of sp³-hybridized carbons (Fsp3) is 0.400. The topological polar surface area (TPSA) is 76.7 Å². The lowest BCUT2D eigenvalue weighted by atomic mass is 10.2. The lowest BCUT2D eigenvalue weighted by Crippen LogP contribution is -2.06. The van der Waals surface area contributed by atoms with Crippen molar-refractivity contribution in [3.63, 3.8) is 0 Å². The van der Waals surface area contributed by atoms with Crippen LogP contribution in [-0.2, 0) is 13.0 Å². The monoisotopic (exact) mass is 251 g/mol. The summed E-state index contributed by atoms with van der Waals surface area (Å²) in [5.74, 6) is 0.886. The molecule has 2 aromatic rings. The van der Waals surface area contributed by atoms with Crippen molar-refractivity contribution in [2.45, 2.75) is 18.1 Å². The second-order valence-electron chi connectivity index (χ2n) is 3.37. The Balaban J connectivity index is 1.84. The van der Waals surface area contributed by atoms with E-state index in [2.05, 4.69) is 20.5 Å². The number of rotatable bonds is 6. The maximum atomic E-state index is 8.83. The Hall–Kier alpha value is -1.47. The van der Waals surface area contributed by atoms with E-state index in [4.69, 9.17) is 5.11 Å². The molecule has 0 atom stereocenters. The second kappa shape index (κ2) is 6.31. The van der Waals surface area contributed by atoms with E-state index >= 15 is 0 Å². The van der Waals surface area contributed by atoms with Gasteiger partial charge >= 0.3 is 0 Å². The number of aliphatic hydroxyl groups is 1. The van der Waals surface area contributed by atoms with E-state index in [9.17, 15) is 0 Å². The minimum absolute atomic E-state index is 0.0429. The molecule has 0 amide bonds. The zero-order valence-corrected chi connectivity index (χ0v) is 10.0. The first-order valence-corrected chi connectivity index (χ1v) is 6.27. The normalized spacial score (nSPS) is 10.6. The number of aromatic nitrogens is 5. The maximum absolute atomic E-state index is 8.83. The Morgan fingerprint density at radius 3 is 3.12 bits per heavy atom. The quantitative estimate of drug-likeness (QED) is 0.749. The van der Waals surface area contributed by atoms with E-state index in [1.165, 1.54) is 5.56 Å². The predicted octanol–water partition coefficient (Wildman–Crippen LogP) is 0.395. The van der Waals surface area contributed by atoms with Gasteiger partial charge in [-0.1, -0.05) is 17.8 Å². The highest BCUT2D eigenvalue weighted by molar-refractivity contribution is 7.99. The van der Waals surface area contributed by atoms with Crippen molar-refractivity contribution in [3.8, 4) is 0 Å². The summed E-state index contributed by atoms with van der Waals surface area (Å²) in [5, 5.41) is 20.9. The first-order chi connectivity index (χ1) is 8.40. The fourth-order valence-electron chi connectivity index (χ4n) is 1.34. The van der Waals surface area contributed by atoms with Crippen LogP contribution in [0.5, 0.6) is 0 Å². The summed E-state index contributed by atoms with van der Waals surface area (Å²) in [6, 6.07) is 3.97. The highest BCUT2D eigenvalue weighted by Gasteiger charge is 2.05. The summed E-state index contributed by atoms with van der Waals surface area (Å²) in [7, 11) is 0. The van der Waals surface area contributed by atoms with Gasteiger partial charge in [-0.3, -0.25) is 4.98 Å². The van der Waals surface area contributed by atoms with Crippen LogP contribution in [0.1, 0.15) is 5.56 Å². The summed E-state index contributed by atoms with van der Waals surface area (Å²) >= 11 is 1.58. The van der Waals surface area contributed by atoms with Crippen LogP contribution in [0.4, 0.5) is 0 Å². The summed E-state index contributed by atoms with van der Waals surface area (Å²) in [6.07, 6.45) is 4.54. The molecule has 0 spiro atoms. The van der Waals surface area contributed by atoms with Gasteiger partial charge in [-0.25, -0.2) is 4.68 Å². The Kier molecular flexibility index (Phi) is 4.45. The molecule has 0 aliphatic rings. The molecule has 17 heavy (non-hydrogen) atoms. The molecular weight excluding hydrogens is 238 g/mol. The smallest absolute Gasteiger partial charge is 0.209 e. The van der Waals surface area contributed by atoms with E-state index in [-0.39, 0.29) is 6.61 Å². The van der Waals surface area contributed by atoms with Gasteiger partial charge in [0.15, 0.2) is 0 Å². The van der Waals surface area contributed by atoms with E-state index in [1.807, 2.05) is 18.3 Å². The summed E-state index contributed by atoms with van der Waals surface area (Å²) in [6.45, 7) is 0.476. The molecule has 0 aliphatic carbocycles. The van der Waals surface area contributed by atoms with Crippen molar-refractivity contribution in [2.24, 2.45) is 0 Å². The molecule has 0 bridgehead atoms. The standard InChI is InChI=1S/C10H13N5OS/c16-6-5-15-10(12-13-14-15)17-7-3-9-2-1-4-11-8-9/h1-2,4,8,16H,3,5-7H2. The van der Waals surface area contributed by atoms with E-state index < -0.39 is 0 Å². The number of aryl methyl sites for hydroxylation is 1. The third kappa shape index (κ3) is 3.50. The first kappa shape index (κ1) is 12.0. The fourth-order valence-corrected chi connectivity index (χ4v) is 2.23. The average Bonchev–Trinajstić information content (AvgIpc) is 2.79. The molecule has 0 aliphatic heterocycles. The van der Waals surface area contributed by atoms with Crippen LogP contribution in [0.2, 0.25) is 0 Å². The summed E-state index contributed by atoms with van der Waals surface area (Å²) in [5.41, 5.74) is 1.20. The summed E-state index contributed by atoms with van der Waals surface area (Å²) < 4.78 is 1.61. The third-order valence-electron chi connectivity index (χ3n) is 2.16. The van der Waals surface area contributed by atoms with Gasteiger partial charge in [0.1, 0.15) is 0 Å². The molecule has 0 radical (unpaired) electrons. The van der Waals surface area contributed by atoms with Gasteiger partial charge in [0.05, 0.1) is 13.2 Å². The van der Waals surface area contributed by atoms with Crippen LogP contribution in [-0.4, -0.2) is 42.7 Å². The first-order valence-electron chi connectivity index (χ1n) is 5.29. The van der Waals surface area contributed by atoms with Crippen molar-refractivity contribution in [1.82, 2.24) is 25.2 Å². The number of tetrazole rings is 1. The molecule has 7 heteroatoms. The van der Waals surface area contributed by atoms with E-state index in [0.29, 0.717) is 6.54 Å². The molecule has 90 valence electrons. The third-order valence-corrected chi connectivity index (χ3v) is 3.11. The lowest BCUT2D eigenvalue weighted by Gasteiger charge is -2.02. The molecule has 0 aromatic carbocycles. The molecule has 2 rings (SSSR count). The number of pyridine rings is 1. The van der Waals surface area contributed by atoms with Crippen LogP contribution in [0.25, 0.3) is 0 Å². The highest BCUT2D eigenvalue weighted by atomic mass is 32.2. The Bertz CT molecular complexity index is 447. The lowest BCUT2D eigenvalue weighted by molar-refractivity contribution is 0.262. The largest absolute Gasteiger partial charge is 0.394 e. The predicted molar refractivity (Wildman–Crippen MR) is 63.6 cm³/mol. The highest BCUT2D eigenvalue weighted by Crippen LogP contribution is 2.15. The van der Waals surface area contributed by atoms with Crippen molar-refractivity contribution < 1.29 is 5.11 Å². The Labute approximate surface area is 103 Å². The van der Waals surface area contributed by atoms with Crippen LogP contribution in [0, 0.1) is 0 Å². The van der Waals surface area contributed by atoms with Gasteiger partial charge in [0.2, 0.25) is 5.16 Å². The van der Waals surface area contributed by atoms with Crippen LogP contribution in [0.15, 0.2) is 29.7 Å². The number of aliphatic hydroxyl groups excluding tert-OH is 1. The molecule has 1 N–H and O–H groups in total. The van der Waals surface area contributed by atoms with Crippen molar-refractivity contribution in [3.05, 3.63) is 30.1 Å². The minimum atomic E-state index is 0.0429. The SMILES string of the molecule is OCCn1nnnc1SCCc1cccnc1. The number of nitrogens with zero attached hydrogens (tertiary/aromatic N) is 5. The Morgan fingerprint density at radius 2 is 2.35 bits per heavy atom. The van der Waals surface area contributed by atoms with Gasteiger partial charge in [-0.15, -0.1) is 5.10 Å². The maximum Gasteiger partial charge on any atom is 0.209 e. The van der Waals surface area contributed by atoms with Crippen LogP contribution >= 0.6 is 11.8 Å². The van der Waals surface area contributed by atoms with Crippen molar-refractivity contribution >= 4 is 11.8 Å². The zero-order valence-electron chi connectivity index (χ0n) is 9.23. The summed E-state index contributed by atoms with van der Waals surface area (Å²) in [4.78, 5) is 4.06. The van der Waals surface area contributed by atoms with Crippen LogP contribution < -0.4 is 0 Å².